The van der Waals surface area contributed by atoms with E-state index >= 15 is 0 Å². The molecule has 1 aliphatic rings. The average Bonchev–Trinajstić information content (AvgIpc) is 2.85. The highest BCUT2D eigenvalue weighted by atomic mass is 16.1. The van der Waals surface area contributed by atoms with E-state index in [0.717, 1.165) is 59.6 Å². The molecule has 0 atom stereocenters. The lowest BCUT2D eigenvalue weighted by Gasteiger charge is -2.34. The van der Waals surface area contributed by atoms with E-state index in [2.05, 4.69) is 62.8 Å². The van der Waals surface area contributed by atoms with Gasteiger partial charge in [-0.1, -0.05) is 30.3 Å². The number of rotatable bonds is 5. The van der Waals surface area contributed by atoms with Crippen molar-refractivity contribution in [2.45, 2.75) is 6.92 Å². The van der Waals surface area contributed by atoms with Crippen LogP contribution in [0.1, 0.15) is 6.92 Å². The standard InChI is InChI=1S/C27H28N6O/c1-19(34)29-22-8-6-20(7-9-22)25-5-3-4-21-18-28-27(31-26(21)25)30-23-10-12-24(13-11-23)33-16-14-32(2)15-17-33/h3-13,18H,14-17H2,1-2H3,(H,29,34)(H,28,30,31). The van der Waals surface area contributed by atoms with Gasteiger partial charge in [0.05, 0.1) is 5.52 Å². The molecule has 4 aromatic rings. The SMILES string of the molecule is CC(=O)Nc1ccc(-c2cccc3cnc(Nc4ccc(N5CCN(C)CC5)cc4)nc23)cc1. The minimum atomic E-state index is -0.0852. The molecule has 0 bridgehead atoms. The Labute approximate surface area is 199 Å². The fraction of sp³-hybridized carbons (Fsp3) is 0.222. The van der Waals surface area contributed by atoms with Gasteiger partial charge in [0, 0.05) is 67.3 Å². The molecule has 5 rings (SSSR count). The molecule has 3 aromatic carbocycles. The molecule has 7 heteroatoms. The Hall–Kier alpha value is -3.97. The van der Waals surface area contributed by atoms with Gasteiger partial charge < -0.3 is 20.4 Å². The number of likely N-dealkylation sites (N-methyl/N-ethyl adjacent to an activating group) is 1. The van der Waals surface area contributed by atoms with Gasteiger partial charge in [0.1, 0.15) is 0 Å². The fourth-order valence-corrected chi connectivity index (χ4v) is 4.23. The third-order valence-corrected chi connectivity index (χ3v) is 6.12. The van der Waals surface area contributed by atoms with Crippen molar-refractivity contribution in [1.29, 1.82) is 0 Å². The van der Waals surface area contributed by atoms with E-state index in [1.807, 2.05) is 42.6 Å². The second-order valence-corrected chi connectivity index (χ2v) is 8.66. The van der Waals surface area contributed by atoms with E-state index in [0.29, 0.717) is 5.95 Å². The number of benzene rings is 3. The number of amides is 1. The van der Waals surface area contributed by atoms with E-state index in [9.17, 15) is 4.79 Å². The van der Waals surface area contributed by atoms with E-state index in [-0.39, 0.29) is 5.91 Å². The van der Waals surface area contributed by atoms with Gasteiger partial charge in [0.15, 0.2) is 0 Å². The van der Waals surface area contributed by atoms with Crippen LogP contribution >= 0.6 is 0 Å². The number of hydrogen-bond acceptors (Lipinski definition) is 6. The number of carbonyl (C=O) groups is 1. The highest BCUT2D eigenvalue weighted by Crippen LogP contribution is 2.29. The number of aromatic nitrogens is 2. The monoisotopic (exact) mass is 452 g/mol. The predicted octanol–water partition coefficient (Wildman–Crippen LogP) is 4.75. The minimum Gasteiger partial charge on any atom is -0.369 e. The molecule has 0 saturated carbocycles. The van der Waals surface area contributed by atoms with Crippen molar-refractivity contribution in [3.63, 3.8) is 0 Å². The van der Waals surface area contributed by atoms with E-state index in [1.165, 1.54) is 12.6 Å². The zero-order valence-electron chi connectivity index (χ0n) is 19.5. The first-order valence-corrected chi connectivity index (χ1v) is 11.5. The Morgan fingerprint density at radius 1 is 0.882 bits per heavy atom. The van der Waals surface area contributed by atoms with Crippen LogP contribution in [0.5, 0.6) is 0 Å². The Bertz CT molecular complexity index is 1300. The minimum absolute atomic E-state index is 0.0852. The summed E-state index contributed by atoms with van der Waals surface area (Å²) in [6.45, 7) is 5.77. The van der Waals surface area contributed by atoms with Crippen molar-refractivity contribution < 1.29 is 4.79 Å². The normalized spacial score (nSPS) is 14.2. The van der Waals surface area contributed by atoms with Gasteiger partial charge in [-0.2, -0.15) is 0 Å². The van der Waals surface area contributed by atoms with E-state index < -0.39 is 0 Å². The first-order chi connectivity index (χ1) is 16.5. The van der Waals surface area contributed by atoms with Crippen LogP contribution in [0.15, 0.2) is 72.9 Å². The second-order valence-electron chi connectivity index (χ2n) is 8.66. The second kappa shape index (κ2) is 9.49. The molecule has 7 nitrogen and oxygen atoms in total. The zero-order chi connectivity index (χ0) is 23.5. The van der Waals surface area contributed by atoms with Gasteiger partial charge >= 0.3 is 0 Å². The highest BCUT2D eigenvalue weighted by Gasteiger charge is 2.14. The Morgan fingerprint density at radius 2 is 1.59 bits per heavy atom. The van der Waals surface area contributed by atoms with Gasteiger partial charge in [-0.3, -0.25) is 4.79 Å². The van der Waals surface area contributed by atoms with Gasteiger partial charge in [0.25, 0.3) is 0 Å². The first-order valence-electron chi connectivity index (χ1n) is 11.5. The summed E-state index contributed by atoms with van der Waals surface area (Å²) in [5.41, 5.74) is 5.89. The van der Waals surface area contributed by atoms with Gasteiger partial charge in [-0.15, -0.1) is 0 Å². The van der Waals surface area contributed by atoms with E-state index in [1.54, 1.807) is 0 Å². The molecule has 34 heavy (non-hydrogen) atoms. The number of fused-ring (bicyclic) bond motifs is 1. The van der Waals surface area contributed by atoms with Crippen molar-refractivity contribution in [2.75, 3.05) is 48.8 Å². The molecule has 1 saturated heterocycles. The number of anilines is 4. The smallest absolute Gasteiger partial charge is 0.227 e. The maximum atomic E-state index is 11.3. The summed E-state index contributed by atoms with van der Waals surface area (Å²) in [5, 5.41) is 7.12. The number of nitrogens with one attached hydrogen (secondary N) is 2. The Kier molecular flexibility index (Phi) is 6.10. The van der Waals surface area contributed by atoms with Crippen molar-refractivity contribution >= 4 is 39.8 Å². The Balaban J connectivity index is 1.37. The van der Waals surface area contributed by atoms with Gasteiger partial charge in [0.2, 0.25) is 11.9 Å². The summed E-state index contributed by atoms with van der Waals surface area (Å²) in [7, 11) is 2.17. The van der Waals surface area contributed by atoms with Crippen molar-refractivity contribution in [2.24, 2.45) is 0 Å². The molecule has 1 aromatic heterocycles. The van der Waals surface area contributed by atoms with Gasteiger partial charge in [-0.05, 0) is 49.0 Å². The largest absolute Gasteiger partial charge is 0.369 e. The summed E-state index contributed by atoms with van der Waals surface area (Å²) in [4.78, 5) is 25.4. The lowest BCUT2D eigenvalue weighted by molar-refractivity contribution is -0.114. The molecular formula is C27H28N6O. The van der Waals surface area contributed by atoms with Crippen LogP contribution in [0.4, 0.5) is 23.0 Å². The van der Waals surface area contributed by atoms with Crippen LogP contribution in [-0.4, -0.2) is 54.0 Å². The Morgan fingerprint density at radius 3 is 2.29 bits per heavy atom. The summed E-state index contributed by atoms with van der Waals surface area (Å²) in [5.74, 6) is 0.472. The summed E-state index contributed by atoms with van der Waals surface area (Å²) in [6, 6.07) is 22.3. The maximum Gasteiger partial charge on any atom is 0.227 e. The molecule has 0 radical (unpaired) electrons. The summed E-state index contributed by atoms with van der Waals surface area (Å²) < 4.78 is 0. The molecular weight excluding hydrogens is 424 g/mol. The zero-order valence-corrected chi connectivity index (χ0v) is 19.5. The summed E-state index contributed by atoms with van der Waals surface area (Å²) in [6.07, 6.45) is 1.85. The number of para-hydroxylation sites is 1. The van der Waals surface area contributed by atoms with Crippen LogP contribution in [0.3, 0.4) is 0 Å². The molecule has 172 valence electrons. The number of carbonyl (C=O) groups excluding carboxylic acids is 1. The van der Waals surface area contributed by atoms with Crippen LogP contribution in [-0.2, 0) is 4.79 Å². The molecule has 0 spiro atoms. The molecule has 0 aliphatic carbocycles. The lowest BCUT2D eigenvalue weighted by atomic mass is 10.0. The molecule has 1 fully saturated rings. The first kappa shape index (κ1) is 21.9. The molecule has 0 unspecified atom stereocenters. The van der Waals surface area contributed by atoms with Crippen LogP contribution in [0, 0.1) is 0 Å². The third-order valence-electron chi connectivity index (χ3n) is 6.12. The number of piperazine rings is 1. The van der Waals surface area contributed by atoms with Crippen LogP contribution in [0.2, 0.25) is 0 Å². The molecule has 2 N–H and O–H groups in total. The van der Waals surface area contributed by atoms with Crippen LogP contribution < -0.4 is 15.5 Å². The third kappa shape index (κ3) is 4.84. The van der Waals surface area contributed by atoms with Gasteiger partial charge in [-0.25, -0.2) is 9.97 Å². The summed E-state index contributed by atoms with van der Waals surface area (Å²) >= 11 is 0. The van der Waals surface area contributed by atoms with Crippen molar-refractivity contribution in [3.05, 3.63) is 72.9 Å². The van der Waals surface area contributed by atoms with Crippen molar-refractivity contribution in [1.82, 2.24) is 14.9 Å². The maximum absolute atomic E-state index is 11.3. The number of hydrogen-bond donors (Lipinski definition) is 2. The topological polar surface area (TPSA) is 73.4 Å². The van der Waals surface area contributed by atoms with Crippen LogP contribution in [0.25, 0.3) is 22.0 Å². The lowest BCUT2D eigenvalue weighted by Crippen LogP contribution is -2.44. The van der Waals surface area contributed by atoms with Crippen molar-refractivity contribution in [3.8, 4) is 11.1 Å². The molecule has 1 aliphatic heterocycles. The highest BCUT2D eigenvalue weighted by molar-refractivity contribution is 5.94. The fourth-order valence-electron chi connectivity index (χ4n) is 4.23. The molecule has 2 heterocycles. The number of nitrogens with zero attached hydrogens (tertiary/aromatic N) is 4. The predicted molar refractivity (Wildman–Crippen MR) is 139 cm³/mol. The quantitative estimate of drug-likeness (QED) is 0.455. The van der Waals surface area contributed by atoms with E-state index in [4.69, 9.17) is 4.98 Å². The average molecular weight is 453 g/mol. The molecule has 1 amide bonds.